The van der Waals surface area contributed by atoms with Crippen molar-refractivity contribution in [2.24, 2.45) is 0 Å². The number of hydrogen-bond acceptors (Lipinski definition) is 3. The molecule has 2 aromatic carbocycles. The van der Waals surface area contributed by atoms with Crippen LogP contribution in [0.15, 0.2) is 36.4 Å². The van der Waals surface area contributed by atoms with Crippen molar-refractivity contribution >= 4 is 16.7 Å². The van der Waals surface area contributed by atoms with Crippen molar-refractivity contribution in [1.82, 2.24) is 5.32 Å². The van der Waals surface area contributed by atoms with Crippen molar-refractivity contribution in [3.8, 4) is 5.75 Å². The maximum atomic E-state index is 11.4. The third kappa shape index (κ3) is 2.02. The molecular formula is C16H17NO3. The molecule has 2 aromatic rings. The number of aliphatic carboxylic acids is 1. The number of hydrogen-bond donors (Lipinski definition) is 2. The maximum absolute atomic E-state index is 11.4. The molecule has 1 aliphatic heterocycles. The van der Waals surface area contributed by atoms with Gasteiger partial charge in [0.1, 0.15) is 11.8 Å². The van der Waals surface area contributed by atoms with Crippen LogP contribution < -0.4 is 10.1 Å². The summed E-state index contributed by atoms with van der Waals surface area (Å²) in [6, 6.07) is 11.4. The summed E-state index contributed by atoms with van der Waals surface area (Å²) >= 11 is 0. The number of benzene rings is 2. The highest BCUT2D eigenvalue weighted by Gasteiger charge is 2.34. The van der Waals surface area contributed by atoms with Crippen LogP contribution in [0.3, 0.4) is 0 Å². The number of carboxylic acid groups (broad SMARTS) is 1. The van der Waals surface area contributed by atoms with E-state index >= 15 is 0 Å². The van der Waals surface area contributed by atoms with Crippen LogP contribution in [0.4, 0.5) is 0 Å². The van der Waals surface area contributed by atoms with Gasteiger partial charge in [-0.05, 0) is 30.0 Å². The topological polar surface area (TPSA) is 58.6 Å². The number of methoxy groups -OCH3 is 1. The van der Waals surface area contributed by atoms with Crippen molar-refractivity contribution in [3.63, 3.8) is 0 Å². The summed E-state index contributed by atoms with van der Waals surface area (Å²) in [7, 11) is 1.65. The van der Waals surface area contributed by atoms with Crippen LogP contribution in [-0.4, -0.2) is 30.8 Å². The Balaban J connectivity index is 2.15. The summed E-state index contributed by atoms with van der Waals surface area (Å²) in [5.41, 5.74) is 1.08. The van der Waals surface area contributed by atoms with E-state index in [-0.39, 0.29) is 5.92 Å². The molecule has 3 rings (SSSR count). The predicted molar refractivity (Wildman–Crippen MR) is 77.3 cm³/mol. The minimum absolute atomic E-state index is 0.00306. The second kappa shape index (κ2) is 5.13. The molecule has 0 aliphatic carbocycles. The van der Waals surface area contributed by atoms with E-state index in [9.17, 15) is 9.90 Å². The number of ether oxygens (including phenoxy) is 1. The molecule has 2 unspecified atom stereocenters. The Labute approximate surface area is 117 Å². The zero-order valence-electron chi connectivity index (χ0n) is 11.3. The van der Waals surface area contributed by atoms with E-state index in [1.165, 1.54) is 0 Å². The lowest BCUT2D eigenvalue weighted by atomic mass is 9.88. The lowest BCUT2D eigenvalue weighted by Crippen LogP contribution is -2.34. The van der Waals surface area contributed by atoms with Gasteiger partial charge in [0.2, 0.25) is 0 Å². The highest BCUT2D eigenvalue weighted by atomic mass is 16.5. The molecule has 0 amide bonds. The average Bonchev–Trinajstić information content (AvgIpc) is 2.95. The minimum Gasteiger partial charge on any atom is -0.496 e. The Morgan fingerprint density at radius 3 is 2.70 bits per heavy atom. The molecule has 0 saturated carbocycles. The fourth-order valence-electron chi connectivity index (χ4n) is 3.09. The summed E-state index contributed by atoms with van der Waals surface area (Å²) < 4.78 is 5.39. The van der Waals surface area contributed by atoms with Crippen LogP contribution in [0.2, 0.25) is 0 Å². The van der Waals surface area contributed by atoms with Gasteiger partial charge in [-0.1, -0.05) is 30.3 Å². The predicted octanol–water partition coefficient (Wildman–Crippen LogP) is 2.38. The number of fused-ring (bicyclic) bond motifs is 1. The van der Waals surface area contributed by atoms with Gasteiger partial charge >= 0.3 is 5.97 Å². The zero-order chi connectivity index (χ0) is 14.1. The van der Waals surface area contributed by atoms with E-state index in [0.717, 1.165) is 35.1 Å². The first-order valence-corrected chi connectivity index (χ1v) is 6.74. The van der Waals surface area contributed by atoms with Crippen LogP contribution in [0.1, 0.15) is 17.9 Å². The molecule has 20 heavy (non-hydrogen) atoms. The fraction of sp³-hybridized carbons (Fsp3) is 0.312. The Bertz CT molecular complexity index is 653. The molecule has 4 nitrogen and oxygen atoms in total. The lowest BCUT2D eigenvalue weighted by Gasteiger charge is -2.19. The second-order valence-electron chi connectivity index (χ2n) is 5.07. The van der Waals surface area contributed by atoms with Gasteiger partial charge in [0.05, 0.1) is 7.11 Å². The lowest BCUT2D eigenvalue weighted by molar-refractivity contribution is -0.139. The first kappa shape index (κ1) is 12.9. The van der Waals surface area contributed by atoms with Crippen molar-refractivity contribution in [3.05, 3.63) is 42.0 Å². The molecule has 0 aromatic heterocycles. The number of nitrogens with one attached hydrogen (secondary N) is 1. The largest absolute Gasteiger partial charge is 0.496 e. The van der Waals surface area contributed by atoms with Crippen molar-refractivity contribution < 1.29 is 14.6 Å². The van der Waals surface area contributed by atoms with E-state index in [1.54, 1.807) is 7.11 Å². The Morgan fingerprint density at radius 2 is 2.00 bits per heavy atom. The van der Waals surface area contributed by atoms with Gasteiger partial charge in [-0.25, -0.2) is 0 Å². The highest BCUT2D eigenvalue weighted by Crippen LogP contribution is 2.36. The van der Waals surface area contributed by atoms with Crippen LogP contribution >= 0.6 is 0 Å². The summed E-state index contributed by atoms with van der Waals surface area (Å²) in [5.74, 6) is 0.0397. The van der Waals surface area contributed by atoms with Crippen LogP contribution in [-0.2, 0) is 4.79 Å². The monoisotopic (exact) mass is 271 g/mol. The van der Waals surface area contributed by atoms with Crippen molar-refractivity contribution in [2.75, 3.05) is 13.7 Å². The van der Waals surface area contributed by atoms with Gasteiger partial charge in [-0.3, -0.25) is 4.79 Å². The zero-order valence-corrected chi connectivity index (χ0v) is 11.3. The summed E-state index contributed by atoms with van der Waals surface area (Å²) in [4.78, 5) is 11.4. The maximum Gasteiger partial charge on any atom is 0.321 e. The molecule has 4 heteroatoms. The normalized spacial score (nSPS) is 22.1. The Hall–Kier alpha value is -2.07. The molecule has 104 valence electrons. The summed E-state index contributed by atoms with van der Waals surface area (Å²) in [6.07, 6.45) is 0.841. The fourth-order valence-corrected chi connectivity index (χ4v) is 3.09. The van der Waals surface area contributed by atoms with Gasteiger partial charge in [-0.2, -0.15) is 0 Å². The van der Waals surface area contributed by atoms with Gasteiger partial charge < -0.3 is 15.2 Å². The van der Waals surface area contributed by atoms with Crippen LogP contribution in [0, 0.1) is 0 Å². The van der Waals surface area contributed by atoms with Gasteiger partial charge in [-0.15, -0.1) is 0 Å². The van der Waals surface area contributed by atoms with Crippen molar-refractivity contribution in [1.29, 1.82) is 0 Å². The average molecular weight is 271 g/mol. The summed E-state index contributed by atoms with van der Waals surface area (Å²) in [5, 5.41) is 14.5. The molecule has 1 aliphatic rings. The summed E-state index contributed by atoms with van der Waals surface area (Å²) in [6.45, 7) is 0.738. The Morgan fingerprint density at radius 1 is 1.25 bits per heavy atom. The minimum atomic E-state index is -0.785. The third-order valence-electron chi connectivity index (χ3n) is 4.03. The molecule has 2 atom stereocenters. The van der Waals surface area contributed by atoms with E-state index in [4.69, 9.17) is 4.74 Å². The molecule has 0 spiro atoms. The number of carboxylic acids is 1. The number of rotatable bonds is 3. The molecule has 1 heterocycles. The molecular weight excluding hydrogens is 254 g/mol. The van der Waals surface area contributed by atoms with Gasteiger partial charge in [0.15, 0.2) is 0 Å². The standard InChI is InChI=1S/C16H17NO3/c1-20-14-7-6-11(10-4-2-3-5-12(10)14)13-8-9-17-15(13)16(18)19/h2-7,13,15,17H,8-9H2,1H3,(H,18,19). The quantitative estimate of drug-likeness (QED) is 0.900. The second-order valence-corrected chi connectivity index (χ2v) is 5.07. The molecule has 0 radical (unpaired) electrons. The van der Waals surface area contributed by atoms with Crippen molar-refractivity contribution in [2.45, 2.75) is 18.4 Å². The van der Waals surface area contributed by atoms with Crippen LogP contribution in [0.25, 0.3) is 10.8 Å². The number of carbonyl (C=O) groups is 1. The van der Waals surface area contributed by atoms with Gasteiger partial charge in [0, 0.05) is 11.3 Å². The molecule has 0 bridgehead atoms. The smallest absolute Gasteiger partial charge is 0.321 e. The van der Waals surface area contributed by atoms with E-state index in [0.29, 0.717) is 0 Å². The SMILES string of the molecule is COc1ccc(C2CCNC2C(=O)O)c2ccccc12. The first-order valence-electron chi connectivity index (χ1n) is 6.74. The molecule has 1 saturated heterocycles. The first-order chi connectivity index (χ1) is 9.72. The molecule has 2 N–H and O–H groups in total. The van der Waals surface area contributed by atoms with Crippen LogP contribution in [0.5, 0.6) is 5.75 Å². The van der Waals surface area contributed by atoms with E-state index in [1.807, 2.05) is 36.4 Å². The van der Waals surface area contributed by atoms with Gasteiger partial charge in [0.25, 0.3) is 0 Å². The molecule has 1 fully saturated rings. The van der Waals surface area contributed by atoms with E-state index in [2.05, 4.69) is 5.32 Å². The van der Waals surface area contributed by atoms with E-state index < -0.39 is 12.0 Å². The third-order valence-corrected chi connectivity index (χ3v) is 4.03. The highest BCUT2D eigenvalue weighted by molar-refractivity contribution is 5.92. The Kier molecular flexibility index (Phi) is 3.32.